The zero-order valence-corrected chi connectivity index (χ0v) is 18.1. The van der Waals surface area contributed by atoms with Crippen molar-refractivity contribution in [1.82, 2.24) is 14.4 Å². The minimum absolute atomic E-state index is 0.0850. The summed E-state index contributed by atoms with van der Waals surface area (Å²) in [6.07, 6.45) is 3.20. The highest BCUT2D eigenvalue weighted by atomic mass is 35.5. The summed E-state index contributed by atoms with van der Waals surface area (Å²) in [6.45, 7) is 1.71. The summed E-state index contributed by atoms with van der Waals surface area (Å²) in [4.78, 5) is 17.8. The number of aryl methyl sites for hydroxylation is 1. The van der Waals surface area contributed by atoms with Gasteiger partial charge in [-0.05, 0) is 56.6 Å². The molecule has 2 heterocycles. The predicted molar refractivity (Wildman–Crippen MR) is 119 cm³/mol. The number of hydrogen-bond acceptors (Lipinski definition) is 2. The van der Waals surface area contributed by atoms with Gasteiger partial charge in [-0.3, -0.25) is 4.79 Å². The molecule has 0 radical (unpaired) electrons. The molecule has 0 saturated carbocycles. The van der Waals surface area contributed by atoms with E-state index in [2.05, 4.69) is 43.3 Å². The topological polar surface area (TPSA) is 28.5 Å². The third-order valence-electron chi connectivity index (χ3n) is 5.85. The highest BCUT2D eigenvalue weighted by Gasteiger charge is 2.30. The number of carbonyl (C=O) groups is 1. The molecule has 5 heteroatoms. The maximum atomic E-state index is 13.6. The predicted octanol–water partition coefficient (Wildman–Crippen LogP) is 5.26. The Morgan fingerprint density at radius 1 is 1.14 bits per heavy atom. The fourth-order valence-electron chi connectivity index (χ4n) is 4.45. The van der Waals surface area contributed by atoms with Crippen LogP contribution in [0, 0.1) is 0 Å². The fraction of sp³-hybridized carbons (Fsp3) is 0.375. The second-order valence-corrected chi connectivity index (χ2v) is 8.66. The second kappa shape index (κ2) is 8.21. The number of fused-ring (bicyclic) bond motifs is 1. The second-order valence-electron chi connectivity index (χ2n) is 8.26. The van der Waals surface area contributed by atoms with Crippen LogP contribution in [0.3, 0.4) is 0 Å². The van der Waals surface area contributed by atoms with Gasteiger partial charge in [-0.1, -0.05) is 48.0 Å². The van der Waals surface area contributed by atoms with Crippen molar-refractivity contribution in [2.45, 2.75) is 31.8 Å². The molecular weight excluding hydrogens is 382 g/mol. The third kappa shape index (κ3) is 3.92. The van der Waals surface area contributed by atoms with Gasteiger partial charge in [-0.25, -0.2) is 0 Å². The monoisotopic (exact) mass is 409 g/mol. The maximum absolute atomic E-state index is 13.6. The number of amides is 1. The van der Waals surface area contributed by atoms with E-state index in [1.807, 2.05) is 40.8 Å². The molecule has 1 aliphatic rings. The van der Waals surface area contributed by atoms with E-state index in [1.165, 1.54) is 11.1 Å². The van der Waals surface area contributed by atoms with Crippen molar-refractivity contribution in [2.24, 2.45) is 7.05 Å². The molecule has 152 valence electrons. The van der Waals surface area contributed by atoms with Crippen molar-refractivity contribution in [3.05, 3.63) is 70.4 Å². The molecule has 1 unspecified atom stereocenters. The first-order chi connectivity index (χ1) is 14.0. The van der Waals surface area contributed by atoms with Crippen LogP contribution in [0.2, 0.25) is 5.02 Å². The van der Waals surface area contributed by atoms with Crippen molar-refractivity contribution in [1.29, 1.82) is 0 Å². The van der Waals surface area contributed by atoms with Gasteiger partial charge in [0.1, 0.15) is 5.69 Å². The number of halogens is 1. The third-order valence-corrected chi connectivity index (χ3v) is 6.16. The van der Waals surface area contributed by atoms with Gasteiger partial charge in [0, 0.05) is 25.5 Å². The lowest BCUT2D eigenvalue weighted by Crippen LogP contribution is -2.39. The van der Waals surface area contributed by atoms with Gasteiger partial charge in [-0.2, -0.15) is 0 Å². The zero-order valence-electron chi connectivity index (χ0n) is 17.4. The van der Waals surface area contributed by atoms with Crippen LogP contribution in [0.25, 0.3) is 10.9 Å². The lowest BCUT2D eigenvalue weighted by atomic mass is 9.94. The normalized spacial score (nSPS) is 17.3. The Kier molecular flexibility index (Phi) is 5.66. The average Bonchev–Trinajstić information content (AvgIpc) is 3.05. The molecule has 1 saturated heterocycles. The van der Waals surface area contributed by atoms with Gasteiger partial charge in [0.2, 0.25) is 0 Å². The largest absolute Gasteiger partial charge is 0.338 e. The van der Waals surface area contributed by atoms with E-state index in [1.54, 1.807) is 0 Å². The first kappa shape index (κ1) is 20.0. The minimum Gasteiger partial charge on any atom is -0.338 e. The quantitative estimate of drug-likeness (QED) is 0.588. The molecule has 4 nitrogen and oxygen atoms in total. The van der Waals surface area contributed by atoms with E-state index in [9.17, 15) is 4.79 Å². The molecule has 1 atom stereocenters. The van der Waals surface area contributed by atoms with E-state index in [0.717, 1.165) is 43.3 Å². The zero-order chi connectivity index (χ0) is 20.5. The molecule has 1 aromatic heterocycles. The number of aromatic nitrogens is 1. The minimum atomic E-state index is 0.0850. The molecule has 4 rings (SSSR count). The van der Waals surface area contributed by atoms with Gasteiger partial charge in [0.05, 0.1) is 16.6 Å². The molecule has 29 heavy (non-hydrogen) atoms. The summed E-state index contributed by atoms with van der Waals surface area (Å²) in [5, 5.41) is 1.68. The van der Waals surface area contributed by atoms with Crippen molar-refractivity contribution in [3.63, 3.8) is 0 Å². The molecule has 1 amide bonds. The summed E-state index contributed by atoms with van der Waals surface area (Å²) in [5.41, 5.74) is 4.12. The Morgan fingerprint density at radius 3 is 2.59 bits per heavy atom. The molecule has 3 aromatic rings. The fourth-order valence-corrected chi connectivity index (χ4v) is 4.76. The van der Waals surface area contributed by atoms with Crippen LogP contribution in [0.5, 0.6) is 0 Å². The number of nitrogens with zero attached hydrogens (tertiary/aromatic N) is 3. The maximum Gasteiger partial charge on any atom is 0.271 e. The van der Waals surface area contributed by atoms with Crippen molar-refractivity contribution in [2.75, 3.05) is 20.6 Å². The van der Waals surface area contributed by atoms with Crippen LogP contribution in [0.4, 0.5) is 0 Å². The Bertz CT molecular complexity index is 1020. The van der Waals surface area contributed by atoms with Crippen molar-refractivity contribution in [3.8, 4) is 0 Å². The number of rotatable bonds is 4. The molecule has 0 spiro atoms. The van der Waals surface area contributed by atoms with Crippen LogP contribution in [-0.2, 0) is 13.6 Å². The number of para-hydroxylation sites is 1. The van der Waals surface area contributed by atoms with Gasteiger partial charge >= 0.3 is 0 Å². The number of benzene rings is 2. The summed E-state index contributed by atoms with van der Waals surface area (Å²) in [6, 6.07) is 16.6. The Balaban J connectivity index is 1.65. The molecule has 0 bridgehead atoms. The average molecular weight is 410 g/mol. The van der Waals surface area contributed by atoms with Crippen LogP contribution >= 0.6 is 11.6 Å². The van der Waals surface area contributed by atoms with Gasteiger partial charge in [0.25, 0.3) is 5.91 Å². The van der Waals surface area contributed by atoms with Gasteiger partial charge < -0.3 is 14.4 Å². The highest BCUT2D eigenvalue weighted by molar-refractivity contribution is 6.35. The van der Waals surface area contributed by atoms with E-state index in [-0.39, 0.29) is 11.9 Å². The van der Waals surface area contributed by atoms with Gasteiger partial charge in [0.15, 0.2) is 0 Å². The number of carbonyl (C=O) groups excluding carboxylic acids is 1. The van der Waals surface area contributed by atoms with E-state index >= 15 is 0 Å². The Morgan fingerprint density at radius 2 is 1.90 bits per heavy atom. The summed E-state index contributed by atoms with van der Waals surface area (Å²) in [5.74, 6) is 0.0850. The molecule has 0 N–H and O–H groups in total. The van der Waals surface area contributed by atoms with E-state index < -0.39 is 0 Å². The molecule has 1 aliphatic heterocycles. The van der Waals surface area contributed by atoms with E-state index in [0.29, 0.717) is 10.7 Å². The summed E-state index contributed by atoms with van der Waals surface area (Å²) in [7, 11) is 6.08. The number of likely N-dealkylation sites (tertiary alicyclic amines) is 1. The van der Waals surface area contributed by atoms with Crippen LogP contribution in [0.15, 0.2) is 48.5 Å². The van der Waals surface area contributed by atoms with Crippen molar-refractivity contribution < 1.29 is 4.79 Å². The summed E-state index contributed by atoms with van der Waals surface area (Å²) < 4.78 is 1.94. The van der Waals surface area contributed by atoms with Crippen LogP contribution in [-0.4, -0.2) is 40.9 Å². The Labute approximate surface area is 177 Å². The molecule has 2 aromatic carbocycles. The number of hydrogen-bond donors (Lipinski definition) is 0. The molecule has 1 fully saturated rings. The van der Waals surface area contributed by atoms with Crippen molar-refractivity contribution >= 4 is 28.4 Å². The van der Waals surface area contributed by atoms with Crippen LogP contribution < -0.4 is 0 Å². The SMILES string of the molecule is CN(C)Cc1ccc(C2CCCCN2C(=O)c2cc3cccc(Cl)c3n2C)cc1. The lowest BCUT2D eigenvalue weighted by Gasteiger charge is -2.36. The van der Waals surface area contributed by atoms with Gasteiger partial charge in [-0.15, -0.1) is 0 Å². The smallest absolute Gasteiger partial charge is 0.271 e. The first-order valence-electron chi connectivity index (χ1n) is 10.2. The lowest BCUT2D eigenvalue weighted by molar-refractivity contribution is 0.0602. The molecular formula is C24H28ClN3O. The summed E-state index contributed by atoms with van der Waals surface area (Å²) >= 11 is 6.39. The first-order valence-corrected chi connectivity index (χ1v) is 10.6. The standard InChI is InChI=1S/C24H28ClN3O/c1-26(2)16-17-10-12-18(13-11-17)21-9-4-5-14-28(21)24(29)22-15-19-7-6-8-20(25)23(19)27(22)3/h6-8,10-13,15,21H,4-5,9,14,16H2,1-3H3. The van der Waals surface area contributed by atoms with E-state index in [4.69, 9.17) is 11.6 Å². The van der Waals surface area contributed by atoms with Crippen LogP contribution in [0.1, 0.15) is 46.9 Å². The number of piperidine rings is 1. The molecule has 0 aliphatic carbocycles. The highest BCUT2D eigenvalue weighted by Crippen LogP contribution is 2.34. The Hall–Kier alpha value is -2.30.